The van der Waals surface area contributed by atoms with Crippen LogP contribution in [0.4, 0.5) is 0 Å². The van der Waals surface area contributed by atoms with E-state index >= 15 is 0 Å². The molecular weight excluding hydrogens is 155 g/mol. The predicted molar refractivity (Wildman–Crippen MR) is 33.5 cm³/mol. The number of aliphatic hydroxyl groups is 1. The largest absolute Gasteiger partial charge is 1.00 e. The Morgan fingerprint density at radius 2 is 2.00 bits per heavy atom. The van der Waals surface area contributed by atoms with Crippen molar-refractivity contribution in [3.05, 3.63) is 0 Å². The molecule has 0 radical (unpaired) electrons. The number of carboxylic acid groups (broad SMARTS) is 1. The summed E-state index contributed by atoms with van der Waals surface area (Å²) in [7, 11) is 0. The number of aliphatic hydroxyl groups excluding tert-OH is 1. The number of nitrogens with zero attached hydrogens (tertiary/aromatic N) is 2. The van der Waals surface area contributed by atoms with Crippen LogP contribution in [0.25, 0.3) is 0 Å². The fourth-order valence-electron chi connectivity index (χ4n) is 0.877. The maximum atomic E-state index is 10.0. The number of aliphatic carboxylic acids is 1. The van der Waals surface area contributed by atoms with Gasteiger partial charge in [-0.3, -0.25) is 0 Å². The Morgan fingerprint density at radius 1 is 1.42 bits per heavy atom. The smallest absolute Gasteiger partial charge is 0.550 e. The van der Waals surface area contributed by atoms with Crippen molar-refractivity contribution in [2.45, 2.75) is 24.9 Å². The standard InChI is InChI=1S/C6H10N2O3.Li/c9-4-3-6(7-8-6)2-1-5(10)11;/h9H,1-4H2,(H,10,11);/q;+1/p-1. The summed E-state index contributed by atoms with van der Waals surface area (Å²) in [6.45, 7) is -0.0138. The van der Waals surface area contributed by atoms with Gasteiger partial charge in [0.25, 0.3) is 0 Å². The molecule has 1 rings (SSSR count). The molecule has 0 aromatic carbocycles. The van der Waals surface area contributed by atoms with Crippen molar-refractivity contribution in [1.82, 2.24) is 0 Å². The van der Waals surface area contributed by atoms with E-state index in [1.807, 2.05) is 0 Å². The molecule has 0 aliphatic carbocycles. The second-order valence-corrected chi connectivity index (χ2v) is 2.53. The molecule has 1 aliphatic rings. The summed E-state index contributed by atoms with van der Waals surface area (Å²) in [4.78, 5) is 10.0. The molecule has 0 atom stereocenters. The van der Waals surface area contributed by atoms with Crippen LogP contribution in [0.2, 0.25) is 0 Å². The summed E-state index contributed by atoms with van der Waals surface area (Å²) < 4.78 is 0. The topological polar surface area (TPSA) is 85.1 Å². The van der Waals surface area contributed by atoms with Gasteiger partial charge >= 0.3 is 18.9 Å². The fourth-order valence-corrected chi connectivity index (χ4v) is 0.877. The third-order valence-corrected chi connectivity index (χ3v) is 1.62. The minimum atomic E-state index is -1.10. The van der Waals surface area contributed by atoms with E-state index in [4.69, 9.17) is 5.11 Å². The van der Waals surface area contributed by atoms with Crippen LogP contribution in [0, 0.1) is 0 Å². The Bertz CT molecular complexity index is 189. The first kappa shape index (κ1) is 11.6. The third-order valence-electron chi connectivity index (χ3n) is 1.62. The monoisotopic (exact) mass is 164 g/mol. The molecule has 0 spiro atoms. The predicted octanol–water partition coefficient (Wildman–Crippen LogP) is -3.93. The molecule has 0 aromatic heterocycles. The molecule has 0 saturated heterocycles. The van der Waals surface area contributed by atoms with Gasteiger partial charge in [-0.2, -0.15) is 10.2 Å². The zero-order valence-corrected chi connectivity index (χ0v) is 6.99. The second-order valence-electron chi connectivity index (χ2n) is 2.53. The Labute approximate surface area is 82.1 Å². The van der Waals surface area contributed by atoms with Gasteiger partial charge in [-0.15, -0.1) is 0 Å². The van der Waals surface area contributed by atoms with E-state index in [0.717, 1.165) is 0 Å². The van der Waals surface area contributed by atoms with E-state index in [2.05, 4.69) is 10.2 Å². The van der Waals surface area contributed by atoms with Crippen molar-refractivity contribution in [2.75, 3.05) is 6.61 Å². The van der Waals surface area contributed by atoms with Crippen molar-refractivity contribution >= 4 is 5.97 Å². The Balaban J connectivity index is 0.00000121. The molecule has 0 bridgehead atoms. The van der Waals surface area contributed by atoms with Crippen LogP contribution >= 0.6 is 0 Å². The molecule has 1 N–H and O–H groups in total. The normalized spacial score (nSPS) is 16.8. The van der Waals surface area contributed by atoms with Crippen molar-refractivity contribution in [2.24, 2.45) is 10.2 Å². The summed E-state index contributed by atoms with van der Waals surface area (Å²) in [5, 5.41) is 25.9. The van der Waals surface area contributed by atoms with Crippen molar-refractivity contribution < 1.29 is 33.9 Å². The third kappa shape index (κ3) is 3.35. The Hall–Kier alpha value is -0.373. The molecule has 5 nitrogen and oxygen atoms in total. The number of carboxylic acids is 1. The van der Waals surface area contributed by atoms with Gasteiger partial charge in [-0.05, 0) is 6.42 Å². The molecule has 6 heteroatoms. The summed E-state index contributed by atoms with van der Waals surface area (Å²) in [5.41, 5.74) is -0.588. The summed E-state index contributed by atoms with van der Waals surface area (Å²) in [5.74, 6) is -1.10. The first-order chi connectivity index (χ1) is 5.18. The van der Waals surface area contributed by atoms with Crippen LogP contribution in [0.15, 0.2) is 10.2 Å². The van der Waals surface area contributed by atoms with Crippen molar-refractivity contribution in [3.63, 3.8) is 0 Å². The van der Waals surface area contributed by atoms with Crippen LogP contribution < -0.4 is 24.0 Å². The van der Waals surface area contributed by atoms with Gasteiger partial charge in [0.15, 0.2) is 5.66 Å². The van der Waals surface area contributed by atoms with Gasteiger partial charge in [-0.25, -0.2) is 0 Å². The van der Waals surface area contributed by atoms with E-state index in [-0.39, 0.29) is 31.9 Å². The average molecular weight is 164 g/mol. The SMILES string of the molecule is O=C([O-])CCC1(CCO)N=N1.[Li+]. The van der Waals surface area contributed by atoms with Gasteiger partial charge in [0.1, 0.15) is 0 Å². The summed E-state index contributed by atoms with van der Waals surface area (Å²) in [6.07, 6.45) is 0.711. The molecule has 1 heterocycles. The van der Waals surface area contributed by atoms with E-state index in [9.17, 15) is 9.90 Å². The van der Waals surface area contributed by atoms with Gasteiger partial charge < -0.3 is 15.0 Å². The molecule has 1 aliphatic heterocycles. The van der Waals surface area contributed by atoms with Crippen LogP contribution in [0.5, 0.6) is 0 Å². The Kier molecular flexibility index (Phi) is 4.46. The average Bonchev–Trinajstić information content (AvgIpc) is 2.67. The number of carbonyl (C=O) groups is 1. The van der Waals surface area contributed by atoms with Crippen LogP contribution in [0.1, 0.15) is 19.3 Å². The number of hydrogen-bond donors (Lipinski definition) is 1. The first-order valence-corrected chi connectivity index (χ1v) is 3.43. The molecule has 12 heavy (non-hydrogen) atoms. The van der Waals surface area contributed by atoms with Crippen molar-refractivity contribution in [1.29, 1.82) is 0 Å². The van der Waals surface area contributed by atoms with E-state index in [0.29, 0.717) is 12.8 Å². The zero-order chi connectivity index (χ0) is 8.32. The van der Waals surface area contributed by atoms with Gasteiger partial charge in [0, 0.05) is 25.4 Å². The van der Waals surface area contributed by atoms with Crippen LogP contribution in [0.3, 0.4) is 0 Å². The minimum Gasteiger partial charge on any atom is -0.550 e. The van der Waals surface area contributed by atoms with Gasteiger partial charge in [0.2, 0.25) is 0 Å². The molecule has 0 unspecified atom stereocenters. The Morgan fingerprint density at radius 3 is 2.33 bits per heavy atom. The van der Waals surface area contributed by atoms with Crippen LogP contribution in [-0.4, -0.2) is 23.3 Å². The summed E-state index contributed by atoms with van der Waals surface area (Å²) in [6, 6.07) is 0. The number of hydrogen-bond acceptors (Lipinski definition) is 5. The van der Waals surface area contributed by atoms with E-state index < -0.39 is 11.6 Å². The quantitative estimate of drug-likeness (QED) is 0.421. The van der Waals surface area contributed by atoms with Crippen LogP contribution in [-0.2, 0) is 4.79 Å². The molecule has 0 aromatic rings. The molecule has 0 fully saturated rings. The molecule has 62 valence electrons. The first-order valence-electron chi connectivity index (χ1n) is 3.43. The molecular formula is C6H9LiN2O3. The zero-order valence-electron chi connectivity index (χ0n) is 6.99. The fraction of sp³-hybridized carbons (Fsp3) is 0.833. The molecule has 0 saturated carbocycles. The molecule has 0 amide bonds. The maximum absolute atomic E-state index is 10.0. The van der Waals surface area contributed by atoms with Crippen molar-refractivity contribution in [3.8, 4) is 0 Å². The van der Waals surface area contributed by atoms with E-state index in [1.54, 1.807) is 0 Å². The number of carbonyl (C=O) groups excluding carboxylic acids is 1. The minimum absolute atomic E-state index is 0. The maximum Gasteiger partial charge on any atom is 1.00 e. The number of rotatable bonds is 5. The van der Waals surface area contributed by atoms with Gasteiger partial charge in [-0.1, -0.05) is 0 Å². The second kappa shape index (κ2) is 4.60. The van der Waals surface area contributed by atoms with Gasteiger partial charge in [0.05, 0.1) is 0 Å². The van der Waals surface area contributed by atoms with E-state index in [1.165, 1.54) is 0 Å². The summed E-state index contributed by atoms with van der Waals surface area (Å²) >= 11 is 0.